The molecular formula is C12H15NO2. The van der Waals surface area contributed by atoms with E-state index in [0.29, 0.717) is 13.2 Å². The van der Waals surface area contributed by atoms with Gasteiger partial charge in [-0.25, -0.2) is 0 Å². The third-order valence-corrected chi connectivity index (χ3v) is 2.20. The Hall–Kier alpha value is -1.64. The second kappa shape index (κ2) is 4.26. The zero-order valence-corrected chi connectivity index (χ0v) is 9.04. The van der Waals surface area contributed by atoms with E-state index in [1.54, 1.807) is 0 Å². The van der Waals surface area contributed by atoms with Gasteiger partial charge in [0.2, 0.25) is 5.88 Å². The van der Waals surface area contributed by atoms with Crippen LogP contribution in [0.15, 0.2) is 24.3 Å². The second-order valence-corrected chi connectivity index (χ2v) is 3.19. The number of para-hydroxylation sites is 1. The number of H-pyrrole nitrogens is 1. The molecule has 0 spiro atoms. The highest BCUT2D eigenvalue weighted by Crippen LogP contribution is 2.35. The van der Waals surface area contributed by atoms with Crippen LogP contribution in [0.4, 0.5) is 0 Å². The van der Waals surface area contributed by atoms with Crippen molar-refractivity contribution in [1.82, 2.24) is 4.98 Å². The van der Waals surface area contributed by atoms with E-state index in [-0.39, 0.29) is 0 Å². The van der Waals surface area contributed by atoms with Crippen LogP contribution in [0.25, 0.3) is 10.9 Å². The fourth-order valence-corrected chi connectivity index (χ4v) is 1.63. The third kappa shape index (κ3) is 1.77. The summed E-state index contributed by atoms with van der Waals surface area (Å²) >= 11 is 0. The predicted octanol–water partition coefficient (Wildman–Crippen LogP) is 2.97. The molecule has 0 saturated heterocycles. The van der Waals surface area contributed by atoms with Gasteiger partial charge in [0.25, 0.3) is 0 Å². The van der Waals surface area contributed by atoms with Crippen molar-refractivity contribution in [2.75, 3.05) is 13.2 Å². The van der Waals surface area contributed by atoms with Gasteiger partial charge < -0.3 is 14.5 Å². The molecule has 0 fully saturated rings. The van der Waals surface area contributed by atoms with Crippen LogP contribution in [0.2, 0.25) is 0 Å². The quantitative estimate of drug-likeness (QED) is 0.832. The van der Waals surface area contributed by atoms with Gasteiger partial charge in [-0.2, -0.15) is 0 Å². The molecule has 0 aliphatic rings. The Morgan fingerprint density at radius 3 is 2.53 bits per heavy atom. The molecule has 2 aromatic rings. The number of aromatic nitrogens is 1. The fourth-order valence-electron chi connectivity index (χ4n) is 1.63. The number of nitrogens with one attached hydrogen (secondary N) is 1. The van der Waals surface area contributed by atoms with E-state index in [9.17, 15) is 0 Å². The first-order chi connectivity index (χ1) is 7.36. The summed E-state index contributed by atoms with van der Waals surface area (Å²) in [5, 5.41) is 1.07. The lowest BCUT2D eigenvalue weighted by molar-refractivity contribution is 0.284. The van der Waals surface area contributed by atoms with Crippen molar-refractivity contribution >= 4 is 10.9 Å². The van der Waals surface area contributed by atoms with E-state index in [1.165, 1.54) is 0 Å². The zero-order chi connectivity index (χ0) is 10.7. The molecule has 3 heteroatoms. The van der Waals surface area contributed by atoms with Crippen molar-refractivity contribution in [3.8, 4) is 11.6 Å². The van der Waals surface area contributed by atoms with Crippen LogP contribution in [-0.4, -0.2) is 18.2 Å². The molecule has 3 nitrogen and oxygen atoms in total. The van der Waals surface area contributed by atoms with Gasteiger partial charge in [-0.15, -0.1) is 0 Å². The Labute approximate surface area is 89.0 Å². The zero-order valence-electron chi connectivity index (χ0n) is 9.04. The molecule has 0 radical (unpaired) electrons. The van der Waals surface area contributed by atoms with Crippen LogP contribution in [0, 0.1) is 0 Å². The van der Waals surface area contributed by atoms with Gasteiger partial charge in [0.05, 0.1) is 18.7 Å². The van der Waals surface area contributed by atoms with E-state index in [4.69, 9.17) is 9.47 Å². The Morgan fingerprint density at radius 2 is 1.80 bits per heavy atom. The van der Waals surface area contributed by atoms with Crippen molar-refractivity contribution in [2.45, 2.75) is 13.8 Å². The molecule has 1 N–H and O–H groups in total. The van der Waals surface area contributed by atoms with Gasteiger partial charge >= 0.3 is 0 Å². The van der Waals surface area contributed by atoms with Gasteiger partial charge in [0.15, 0.2) is 5.75 Å². The average Bonchev–Trinajstić information content (AvgIpc) is 2.59. The first-order valence-electron chi connectivity index (χ1n) is 5.23. The summed E-state index contributed by atoms with van der Waals surface area (Å²) < 4.78 is 11.1. The Bertz CT molecular complexity index is 448. The smallest absolute Gasteiger partial charge is 0.235 e. The molecule has 0 unspecified atom stereocenters. The number of aromatic amines is 1. The summed E-state index contributed by atoms with van der Waals surface area (Å²) in [5.41, 5.74) is 1.05. The SMILES string of the molecule is CCOc1[nH]c2ccccc2c1OCC. The summed E-state index contributed by atoms with van der Waals surface area (Å²) in [6, 6.07) is 8.03. The van der Waals surface area contributed by atoms with E-state index in [1.807, 2.05) is 38.1 Å². The molecule has 0 bridgehead atoms. The number of hydrogen-bond acceptors (Lipinski definition) is 2. The minimum atomic E-state index is 0.632. The van der Waals surface area contributed by atoms with Crippen molar-refractivity contribution < 1.29 is 9.47 Å². The summed E-state index contributed by atoms with van der Waals surface area (Å²) in [6.45, 7) is 5.20. The van der Waals surface area contributed by atoms with Gasteiger partial charge in [0.1, 0.15) is 0 Å². The highest BCUT2D eigenvalue weighted by Gasteiger charge is 2.12. The maximum Gasteiger partial charge on any atom is 0.235 e. The van der Waals surface area contributed by atoms with Crippen LogP contribution in [0.5, 0.6) is 11.6 Å². The van der Waals surface area contributed by atoms with Crippen LogP contribution in [-0.2, 0) is 0 Å². The second-order valence-electron chi connectivity index (χ2n) is 3.19. The first-order valence-corrected chi connectivity index (χ1v) is 5.23. The van der Waals surface area contributed by atoms with E-state index in [2.05, 4.69) is 4.98 Å². The lowest BCUT2D eigenvalue weighted by Crippen LogP contribution is -1.96. The molecule has 80 valence electrons. The van der Waals surface area contributed by atoms with E-state index in [0.717, 1.165) is 22.5 Å². The molecule has 15 heavy (non-hydrogen) atoms. The van der Waals surface area contributed by atoms with Crippen molar-refractivity contribution in [3.63, 3.8) is 0 Å². The number of ether oxygens (including phenoxy) is 2. The number of hydrogen-bond donors (Lipinski definition) is 1. The molecule has 0 aliphatic carbocycles. The predicted molar refractivity (Wildman–Crippen MR) is 60.6 cm³/mol. The first kappa shape index (κ1) is 9.90. The molecular weight excluding hydrogens is 190 g/mol. The number of rotatable bonds is 4. The third-order valence-electron chi connectivity index (χ3n) is 2.20. The lowest BCUT2D eigenvalue weighted by Gasteiger charge is -2.05. The molecule has 0 saturated carbocycles. The summed E-state index contributed by atoms with van der Waals surface area (Å²) in [5.74, 6) is 1.54. The van der Waals surface area contributed by atoms with Gasteiger partial charge in [0, 0.05) is 5.39 Å². The Morgan fingerprint density at radius 1 is 1.07 bits per heavy atom. The monoisotopic (exact) mass is 205 g/mol. The van der Waals surface area contributed by atoms with Crippen molar-refractivity contribution in [1.29, 1.82) is 0 Å². The summed E-state index contributed by atoms with van der Waals surface area (Å²) in [7, 11) is 0. The van der Waals surface area contributed by atoms with Gasteiger partial charge in [-0.05, 0) is 26.0 Å². The maximum absolute atomic E-state index is 5.59. The maximum atomic E-state index is 5.59. The molecule has 1 aromatic heterocycles. The largest absolute Gasteiger partial charge is 0.488 e. The molecule has 0 amide bonds. The highest BCUT2D eigenvalue weighted by molar-refractivity contribution is 5.89. The van der Waals surface area contributed by atoms with Crippen molar-refractivity contribution in [2.24, 2.45) is 0 Å². The standard InChI is InChI=1S/C12H15NO2/c1-3-14-11-9-7-5-6-8-10(9)13-12(11)15-4-2/h5-8,13H,3-4H2,1-2H3. The molecule has 1 heterocycles. The molecule has 0 atom stereocenters. The van der Waals surface area contributed by atoms with Crippen LogP contribution in [0.3, 0.4) is 0 Å². The summed E-state index contributed by atoms with van der Waals surface area (Å²) in [6.07, 6.45) is 0. The number of fused-ring (bicyclic) bond motifs is 1. The van der Waals surface area contributed by atoms with Crippen LogP contribution < -0.4 is 9.47 Å². The van der Waals surface area contributed by atoms with Crippen molar-refractivity contribution in [3.05, 3.63) is 24.3 Å². The molecule has 1 aromatic carbocycles. The highest BCUT2D eigenvalue weighted by atomic mass is 16.5. The molecule has 2 rings (SSSR count). The van der Waals surface area contributed by atoms with Crippen LogP contribution >= 0.6 is 0 Å². The van der Waals surface area contributed by atoms with Crippen LogP contribution in [0.1, 0.15) is 13.8 Å². The Balaban J connectivity index is 2.53. The minimum Gasteiger partial charge on any atom is -0.488 e. The average molecular weight is 205 g/mol. The van der Waals surface area contributed by atoms with Gasteiger partial charge in [-0.1, -0.05) is 12.1 Å². The topological polar surface area (TPSA) is 34.2 Å². The lowest BCUT2D eigenvalue weighted by atomic mass is 10.2. The minimum absolute atomic E-state index is 0.632. The fraction of sp³-hybridized carbons (Fsp3) is 0.333. The molecule has 0 aliphatic heterocycles. The number of benzene rings is 1. The Kier molecular flexibility index (Phi) is 2.81. The van der Waals surface area contributed by atoms with Gasteiger partial charge in [-0.3, -0.25) is 0 Å². The van der Waals surface area contributed by atoms with E-state index >= 15 is 0 Å². The normalized spacial score (nSPS) is 10.5. The summed E-state index contributed by atoms with van der Waals surface area (Å²) in [4.78, 5) is 3.20. The van der Waals surface area contributed by atoms with E-state index < -0.39 is 0 Å².